The van der Waals surface area contributed by atoms with Gasteiger partial charge in [-0.3, -0.25) is 4.79 Å². The second-order valence-corrected chi connectivity index (χ2v) is 5.19. The number of nitrogens with zero attached hydrogens (tertiary/aromatic N) is 1. The Bertz CT molecular complexity index is 633. The minimum atomic E-state index is -0.0268. The summed E-state index contributed by atoms with van der Waals surface area (Å²) < 4.78 is 0. The molecule has 0 bridgehead atoms. The van der Waals surface area contributed by atoms with Crippen molar-refractivity contribution in [2.24, 2.45) is 0 Å². The topological polar surface area (TPSA) is 20.3 Å². The molecular weight excluding hydrogens is 234 g/mol. The molecular formula is C17H17NO. The number of hydrogen-bond donors (Lipinski definition) is 0. The van der Waals surface area contributed by atoms with Crippen LogP contribution in [0.25, 0.3) is 0 Å². The fraction of sp³-hybridized carbons (Fsp3) is 0.235. The lowest BCUT2D eigenvalue weighted by molar-refractivity contribution is -0.119. The number of benzene rings is 2. The van der Waals surface area contributed by atoms with Gasteiger partial charge in [0.25, 0.3) is 0 Å². The van der Waals surface area contributed by atoms with Gasteiger partial charge in [0, 0.05) is 5.69 Å². The Morgan fingerprint density at radius 3 is 2.68 bits per heavy atom. The van der Waals surface area contributed by atoms with E-state index in [2.05, 4.69) is 25.1 Å². The number of amides is 1. The molecule has 0 spiro atoms. The number of fused-ring (bicyclic) bond motifs is 1. The average Bonchev–Trinajstić information content (AvgIpc) is 2.65. The van der Waals surface area contributed by atoms with Crippen molar-refractivity contribution in [2.45, 2.75) is 26.3 Å². The van der Waals surface area contributed by atoms with Gasteiger partial charge in [0.05, 0.1) is 12.5 Å². The quantitative estimate of drug-likeness (QED) is 0.798. The molecule has 0 aliphatic carbocycles. The van der Waals surface area contributed by atoms with Gasteiger partial charge in [0.15, 0.2) is 0 Å². The molecule has 2 nitrogen and oxygen atoms in total. The van der Waals surface area contributed by atoms with Crippen LogP contribution >= 0.6 is 0 Å². The number of rotatable bonds is 2. The standard InChI is InChI=1S/C17H17NO/c1-12-6-5-7-14(10-12)11-18-16-9-4-3-8-15(16)13(2)17(18)19/h3-10,13H,11H2,1-2H3. The molecule has 0 N–H and O–H groups in total. The lowest BCUT2D eigenvalue weighted by Gasteiger charge is -2.18. The van der Waals surface area contributed by atoms with Crippen LogP contribution in [0, 0.1) is 6.92 Å². The lowest BCUT2D eigenvalue weighted by Crippen LogP contribution is -2.27. The van der Waals surface area contributed by atoms with E-state index in [1.165, 1.54) is 11.1 Å². The van der Waals surface area contributed by atoms with Crippen molar-refractivity contribution in [3.05, 3.63) is 65.2 Å². The number of aryl methyl sites for hydroxylation is 1. The van der Waals surface area contributed by atoms with Crippen LogP contribution < -0.4 is 4.90 Å². The molecule has 0 saturated heterocycles. The molecule has 2 heteroatoms. The summed E-state index contributed by atoms with van der Waals surface area (Å²) in [6.45, 7) is 4.71. The second-order valence-electron chi connectivity index (χ2n) is 5.19. The maximum Gasteiger partial charge on any atom is 0.234 e. The van der Waals surface area contributed by atoms with Crippen LogP contribution in [0.1, 0.15) is 29.5 Å². The van der Waals surface area contributed by atoms with Crippen molar-refractivity contribution in [2.75, 3.05) is 4.90 Å². The molecule has 1 aliphatic heterocycles. The summed E-state index contributed by atoms with van der Waals surface area (Å²) >= 11 is 0. The fourth-order valence-corrected chi connectivity index (χ4v) is 2.74. The minimum absolute atomic E-state index is 0.0268. The first-order chi connectivity index (χ1) is 9.16. The highest BCUT2D eigenvalue weighted by Gasteiger charge is 2.33. The highest BCUT2D eigenvalue weighted by atomic mass is 16.2. The summed E-state index contributed by atoms with van der Waals surface area (Å²) in [7, 11) is 0. The molecule has 0 aromatic heterocycles. The van der Waals surface area contributed by atoms with Gasteiger partial charge >= 0.3 is 0 Å². The molecule has 1 amide bonds. The van der Waals surface area contributed by atoms with Crippen LogP contribution in [0.5, 0.6) is 0 Å². The zero-order chi connectivity index (χ0) is 13.4. The van der Waals surface area contributed by atoms with Crippen LogP contribution in [0.3, 0.4) is 0 Å². The van der Waals surface area contributed by atoms with Crippen molar-refractivity contribution in [3.63, 3.8) is 0 Å². The van der Waals surface area contributed by atoms with Gasteiger partial charge in [0.1, 0.15) is 0 Å². The van der Waals surface area contributed by atoms with Crippen molar-refractivity contribution < 1.29 is 4.79 Å². The highest BCUT2D eigenvalue weighted by molar-refractivity contribution is 6.04. The molecule has 1 aliphatic rings. The summed E-state index contributed by atoms with van der Waals surface area (Å²) in [4.78, 5) is 14.3. The Balaban J connectivity index is 1.95. The Morgan fingerprint density at radius 1 is 1.11 bits per heavy atom. The van der Waals surface area contributed by atoms with Gasteiger partial charge in [-0.15, -0.1) is 0 Å². The van der Waals surface area contributed by atoms with Gasteiger partial charge in [-0.05, 0) is 31.0 Å². The first kappa shape index (κ1) is 12.0. The molecule has 0 radical (unpaired) electrons. The number of carbonyl (C=O) groups is 1. The van der Waals surface area contributed by atoms with Gasteiger partial charge in [-0.2, -0.15) is 0 Å². The summed E-state index contributed by atoms with van der Waals surface area (Å²) in [6.07, 6.45) is 0. The SMILES string of the molecule is Cc1cccc(CN2C(=O)C(C)c3ccccc32)c1. The van der Waals surface area contributed by atoms with Gasteiger partial charge in [0.2, 0.25) is 5.91 Å². The monoisotopic (exact) mass is 251 g/mol. The lowest BCUT2D eigenvalue weighted by atomic mass is 10.0. The molecule has 19 heavy (non-hydrogen) atoms. The first-order valence-electron chi connectivity index (χ1n) is 6.62. The second kappa shape index (κ2) is 4.54. The summed E-state index contributed by atoms with van der Waals surface area (Å²) in [5.74, 6) is 0.170. The predicted octanol–water partition coefficient (Wildman–Crippen LogP) is 3.65. The first-order valence-corrected chi connectivity index (χ1v) is 6.62. The predicted molar refractivity (Wildman–Crippen MR) is 77.2 cm³/mol. The van der Waals surface area contributed by atoms with Crippen molar-refractivity contribution >= 4 is 11.6 Å². The van der Waals surface area contributed by atoms with Crippen molar-refractivity contribution in [1.29, 1.82) is 0 Å². The van der Waals surface area contributed by atoms with E-state index in [0.29, 0.717) is 6.54 Å². The van der Waals surface area contributed by atoms with E-state index in [0.717, 1.165) is 11.3 Å². The van der Waals surface area contributed by atoms with E-state index in [1.54, 1.807) is 0 Å². The third-order valence-electron chi connectivity index (χ3n) is 3.75. The molecule has 1 unspecified atom stereocenters. The number of anilines is 1. The molecule has 1 atom stereocenters. The van der Waals surface area contributed by atoms with Crippen LogP contribution in [-0.4, -0.2) is 5.91 Å². The average molecular weight is 251 g/mol. The zero-order valence-corrected chi connectivity index (χ0v) is 11.3. The van der Waals surface area contributed by atoms with E-state index in [-0.39, 0.29) is 11.8 Å². The zero-order valence-electron chi connectivity index (χ0n) is 11.3. The van der Waals surface area contributed by atoms with Crippen LogP contribution in [-0.2, 0) is 11.3 Å². The summed E-state index contributed by atoms with van der Waals surface area (Å²) in [5.41, 5.74) is 4.60. The molecule has 3 rings (SSSR count). The van der Waals surface area contributed by atoms with Crippen LogP contribution in [0.4, 0.5) is 5.69 Å². The fourth-order valence-electron chi connectivity index (χ4n) is 2.74. The molecule has 2 aromatic rings. The van der Waals surface area contributed by atoms with Crippen LogP contribution in [0.15, 0.2) is 48.5 Å². The highest BCUT2D eigenvalue weighted by Crippen LogP contribution is 2.37. The van der Waals surface area contributed by atoms with E-state index >= 15 is 0 Å². The van der Waals surface area contributed by atoms with E-state index < -0.39 is 0 Å². The molecule has 2 aromatic carbocycles. The Hall–Kier alpha value is -2.09. The Morgan fingerprint density at radius 2 is 1.89 bits per heavy atom. The normalized spacial score (nSPS) is 17.7. The van der Waals surface area contributed by atoms with Crippen molar-refractivity contribution in [1.82, 2.24) is 0 Å². The van der Waals surface area contributed by atoms with Crippen molar-refractivity contribution in [3.8, 4) is 0 Å². The maximum atomic E-state index is 12.4. The third kappa shape index (κ3) is 2.03. The van der Waals surface area contributed by atoms with E-state index in [4.69, 9.17) is 0 Å². The van der Waals surface area contributed by atoms with Gasteiger partial charge in [-0.1, -0.05) is 48.0 Å². The van der Waals surface area contributed by atoms with Gasteiger partial charge < -0.3 is 4.90 Å². The number of carbonyl (C=O) groups excluding carboxylic acids is 1. The maximum absolute atomic E-state index is 12.4. The molecule has 0 fully saturated rings. The Labute approximate surface area is 113 Å². The van der Waals surface area contributed by atoms with Crippen LogP contribution in [0.2, 0.25) is 0 Å². The van der Waals surface area contributed by atoms with Gasteiger partial charge in [-0.25, -0.2) is 0 Å². The smallest absolute Gasteiger partial charge is 0.234 e. The Kier molecular flexibility index (Phi) is 2.86. The molecule has 1 heterocycles. The largest absolute Gasteiger partial charge is 0.307 e. The summed E-state index contributed by atoms with van der Waals surface area (Å²) in [5, 5.41) is 0. The molecule has 96 valence electrons. The van der Waals surface area contributed by atoms with E-state index in [1.807, 2.05) is 42.2 Å². The third-order valence-corrected chi connectivity index (χ3v) is 3.75. The van der Waals surface area contributed by atoms with E-state index in [9.17, 15) is 4.79 Å². The summed E-state index contributed by atoms with van der Waals surface area (Å²) in [6, 6.07) is 16.4. The molecule has 0 saturated carbocycles. The number of para-hydroxylation sites is 1. The minimum Gasteiger partial charge on any atom is -0.307 e. The number of hydrogen-bond acceptors (Lipinski definition) is 1.